The lowest BCUT2D eigenvalue weighted by Crippen LogP contribution is -2.52. The molecule has 1 rings (SSSR count). The Kier molecular flexibility index (Phi) is 4.51. The van der Waals surface area contributed by atoms with Crippen LogP contribution in [0.3, 0.4) is 0 Å². The number of carbonyl (C=O) groups is 2. The first-order valence-corrected chi connectivity index (χ1v) is 6.85. The minimum atomic E-state index is -1.19. The Bertz CT molecular complexity index is 451. The van der Waals surface area contributed by atoms with Gasteiger partial charge in [-0.05, 0) is 44.2 Å². The maximum atomic E-state index is 12.4. The van der Waals surface area contributed by atoms with E-state index >= 15 is 0 Å². The van der Waals surface area contributed by atoms with Gasteiger partial charge in [0.05, 0.1) is 4.88 Å². The van der Waals surface area contributed by atoms with Crippen molar-refractivity contribution >= 4 is 23.2 Å². The molecule has 100 valence electrons. The van der Waals surface area contributed by atoms with Crippen LogP contribution < -0.4 is 0 Å². The van der Waals surface area contributed by atoms with Gasteiger partial charge >= 0.3 is 5.97 Å². The van der Waals surface area contributed by atoms with Crippen molar-refractivity contribution in [2.45, 2.75) is 39.7 Å². The Morgan fingerprint density at radius 2 is 2.00 bits per heavy atom. The predicted octanol–water partition coefficient (Wildman–Crippen LogP) is 2.64. The summed E-state index contributed by atoms with van der Waals surface area (Å²) >= 11 is 1.37. The third-order valence-electron chi connectivity index (χ3n) is 3.08. The lowest BCUT2D eigenvalue weighted by Gasteiger charge is -2.34. The first-order valence-electron chi connectivity index (χ1n) is 5.97. The topological polar surface area (TPSA) is 57.6 Å². The fraction of sp³-hybridized carbons (Fsp3) is 0.538. The molecule has 4 nitrogen and oxygen atoms in total. The fourth-order valence-corrected chi connectivity index (χ4v) is 2.78. The molecule has 1 aromatic heterocycles. The summed E-state index contributed by atoms with van der Waals surface area (Å²) in [6.45, 7) is 7.25. The van der Waals surface area contributed by atoms with Crippen molar-refractivity contribution in [1.29, 1.82) is 0 Å². The molecule has 0 bridgehead atoms. The molecule has 0 aliphatic heterocycles. The largest absolute Gasteiger partial charge is 0.480 e. The molecule has 0 aliphatic carbocycles. The van der Waals surface area contributed by atoms with Crippen molar-refractivity contribution in [2.75, 3.05) is 6.54 Å². The molecule has 0 atom stereocenters. The van der Waals surface area contributed by atoms with Crippen molar-refractivity contribution in [3.05, 3.63) is 21.9 Å². The summed E-state index contributed by atoms with van der Waals surface area (Å²) in [6.07, 6.45) is 0.773. The minimum absolute atomic E-state index is 0.197. The molecule has 1 aromatic rings. The Labute approximate surface area is 111 Å². The molecule has 18 heavy (non-hydrogen) atoms. The number of aryl methyl sites for hydroxylation is 1. The number of hydrogen-bond acceptors (Lipinski definition) is 3. The van der Waals surface area contributed by atoms with E-state index < -0.39 is 11.5 Å². The van der Waals surface area contributed by atoms with Gasteiger partial charge in [0.1, 0.15) is 5.54 Å². The monoisotopic (exact) mass is 269 g/mol. The van der Waals surface area contributed by atoms with E-state index in [1.54, 1.807) is 20.8 Å². The average molecular weight is 269 g/mol. The van der Waals surface area contributed by atoms with Gasteiger partial charge in [0.25, 0.3) is 5.91 Å². The zero-order chi connectivity index (χ0) is 13.9. The smallest absolute Gasteiger partial charge is 0.329 e. The molecular formula is C13H19NO3S. The van der Waals surface area contributed by atoms with Gasteiger partial charge in [0, 0.05) is 6.54 Å². The first-order chi connectivity index (χ1) is 8.36. The Balaban J connectivity index is 3.11. The second-order valence-electron chi connectivity index (χ2n) is 4.54. The Morgan fingerprint density at radius 3 is 2.44 bits per heavy atom. The third-order valence-corrected chi connectivity index (χ3v) is 4.03. The summed E-state index contributed by atoms with van der Waals surface area (Å²) in [5.74, 6) is -1.19. The number of carbonyl (C=O) groups excluding carboxylic acids is 1. The molecule has 0 unspecified atom stereocenters. The van der Waals surface area contributed by atoms with Gasteiger partial charge in [-0.15, -0.1) is 11.3 Å². The van der Waals surface area contributed by atoms with Crippen LogP contribution in [0.25, 0.3) is 0 Å². The van der Waals surface area contributed by atoms with Gasteiger partial charge < -0.3 is 10.0 Å². The molecule has 0 aromatic carbocycles. The van der Waals surface area contributed by atoms with Crippen LogP contribution in [0.2, 0.25) is 0 Å². The number of hydrogen-bond donors (Lipinski definition) is 1. The molecule has 0 radical (unpaired) electrons. The summed E-state index contributed by atoms with van der Waals surface area (Å²) in [5.41, 5.74) is -0.217. The third kappa shape index (κ3) is 2.56. The van der Waals surface area contributed by atoms with Crippen LogP contribution in [-0.4, -0.2) is 34.0 Å². The predicted molar refractivity (Wildman–Crippen MR) is 72.1 cm³/mol. The Morgan fingerprint density at radius 1 is 1.39 bits per heavy atom. The standard InChI is InChI=1S/C13H19NO3S/c1-5-9-7-8-18-10(9)11(15)14(6-2)13(3,4)12(16)17/h7-8H,5-6H2,1-4H3,(H,16,17). The van der Waals surface area contributed by atoms with Crippen LogP contribution in [0, 0.1) is 0 Å². The highest BCUT2D eigenvalue weighted by molar-refractivity contribution is 7.12. The number of rotatable bonds is 5. The van der Waals surface area contributed by atoms with Crippen LogP contribution in [-0.2, 0) is 11.2 Å². The molecule has 5 heteroatoms. The van der Waals surface area contributed by atoms with E-state index in [1.807, 2.05) is 18.4 Å². The van der Waals surface area contributed by atoms with E-state index in [0.29, 0.717) is 11.4 Å². The number of carboxylic acid groups (broad SMARTS) is 1. The average Bonchev–Trinajstić information content (AvgIpc) is 2.77. The van der Waals surface area contributed by atoms with Gasteiger partial charge in [-0.2, -0.15) is 0 Å². The number of amides is 1. The summed E-state index contributed by atoms with van der Waals surface area (Å²) in [5, 5.41) is 11.1. The van der Waals surface area contributed by atoms with E-state index in [1.165, 1.54) is 16.2 Å². The van der Waals surface area contributed by atoms with Gasteiger partial charge in [0.2, 0.25) is 0 Å². The van der Waals surface area contributed by atoms with E-state index in [9.17, 15) is 14.7 Å². The van der Waals surface area contributed by atoms with Crippen molar-refractivity contribution in [1.82, 2.24) is 4.90 Å². The molecule has 1 amide bonds. The van der Waals surface area contributed by atoms with Crippen LogP contribution >= 0.6 is 11.3 Å². The number of nitrogens with zero attached hydrogens (tertiary/aromatic N) is 1. The summed E-state index contributed by atoms with van der Waals surface area (Å²) in [4.78, 5) is 25.8. The minimum Gasteiger partial charge on any atom is -0.480 e. The molecule has 0 saturated heterocycles. The van der Waals surface area contributed by atoms with E-state index in [2.05, 4.69) is 0 Å². The lowest BCUT2D eigenvalue weighted by molar-refractivity contribution is -0.147. The number of thiophene rings is 1. The number of carboxylic acids is 1. The first kappa shape index (κ1) is 14.7. The normalized spacial score (nSPS) is 11.3. The molecular weight excluding hydrogens is 250 g/mol. The van der Waals surface area contributed by atoms with Gasteiger partial charge in [-0.25, -0.2) is 4.79 Å². The summed E-state index contributed by atoms with van der Waals surface area (Å²) in [6, 6.07) is 1.92. The van der Waals surface area contributed by atoms with Crippen molar-refractivity contribution < 1.29 is 14.7 Å². The summed E-state index contributed by atoms with van der Waals surface area (Å²) < 4.78 is 0. The van der Waals surface area contributed by atoms with Crippen LogP contribution in [0.1, 0.15) is 42.9 Å². The lowest BCUT2D eigenvalue weighted by atomic mass is 10.0. The van der Waals surface area contributed by atoms with Crippen LogP contribution in [0.5, 0.6) is 0 Å². The highest BCUT2D eigenvalue weighted by atomic mass is 32.1. The number of aliphatic carboxylic acids is 1. The number of likely N-dealkylation sites (N-methyl/N-ethyl adjacent to an activating group) is 1. The van der Waals surface area contributed by atoms with Crippen LogP contribution in [0.15, 0.2) is 11.4 Å². The second-order valence-corrected chi connectivity index (χ2v) is 5.46. The molecule has 1 heterocycles. The maximum absolute atomic E-state index is 12.4. The molecule has 0 spiro atoms. The molecule has 0 aliphatic rings. The van der Waals surface area contributed by atoms with E-state index in [-0.39, 0.29) is 5.91 Å². The molecule has 1 N–H and O–H groups in total. The SMILES string of the molecule is CCc1ccsc1C(=O)N(CC)C(C)(C)C(=O)O. The second kappa shape index (κ2) is 5.52. The summed E-state index contributed by atoms with van der Waals surface area (Å²) in [7, 11) is 0. The van der Waals surface area contributed by atoms with Gasteiger partial charge in [0.15, 0.2) is 0 Å². The fourth-order valence-electron chi connectivity index (χ4n) is 1.83. The van der Waals surface area contributed by atoms with E-state index in [4.69, 9.17) is 0 Å². The van der Waals surface area contributed by atoms with Gasteiger partial charge in [-0.3, -0.25) is 4.79 Å². The van der Waals surface area contributed by atoms with Crippen molar-refractivity contribution in [3.63, 3.8) is 0 Å². The highest BCUT2D eigenvalue weighted by Crippen LogP contribution is 2.24. The highest BCUT2D eigenvalue weighted by Gasteiger charge is 2.38. The van der Waals surface area contributed by atoms with E-state index in [0.717, 1.165) is 12.0 Å². The molecule has 0 fully saturated rings. The maximum Gasteiger partial charge on any atom is 0.329 e. The van der Waals surface area contributed by atoms with Gasteiger partial charge in [-0.1, -0.05) is 6.92 Å². The Hall–Kier alpha value is -1.36. The quantitative estimate of drug-likeness (QED) is 0.894. The zero-order valence-corrected chi connectivity index (χ0v) is 12.0. The van der Waals surface area contributed by atoms with Crippen molar-refractivity contribution in [3.8, 4) is 0 Å². The van der Waals surface area contributed by atoms with Crippen LogP contribution in [0.4, 0.5) is 0 Å². The zero-order valence-electron chi connectivity index (χ0n) is 11.2. The molecule has 0 saturated carbocycles. The van der Waals surface area contributed by atoms with Crippen molar-refractivity contribution in [2.24, 2.45) is 0 Å².